The molecule has 0 spiro atoms. The lowest BCUT2D eigenvalue weighted by atomic mass is 10.0. The molecule has 0 heterocycles. The molecule has 46 valence electrons. The Labute approximate surface area is 49.0 Å². The molecular formula is C6H11NO. The van der Waals surface area contributed by atoms with Crippen molar-refractivity contribution in [3.8, 4) is 0 Å². The van der Waals surface area contributed by atoms with Crippen molar-refractivity contribution in [2.45, 2.75) is 18.4 Å². The van der Waals surface area contributed by atoms with Crippen molar-refractivity contribution in [3.05, 3.63) is 12.2 Å². The fourth-order valence-electron chi connectivity index (χ4n) is 0.849. The molecule has 8 heavy (non-hydrogen) atoms. The van der Waals surface area contributed by atoms with Gasteiger partial charge >= 0.3 is 0 Å². The van der Waals surface area contributed by atoms with Crippen LogP contribution in [0.1, 0.15) is 12.8 Å². The molecule has 0 saturated heterocycles. The van der Waals surface area contributed by atoms with Crippen molar-refractivity contribution in [2.24, 2.45) is 5.73 Å². The molecule has 0 fully saturated rings. The highest BCUT2D eigenvalue weighted by atomic mass is 16.3. The first-order valence-electron chi connectivity index (χ1n) is 2.82. The second-order valence-electron chi connectivity index (χ2n) is 2.40. The highest BCUT2D eigenvalue weighted by Crippen LogP contribution is 2.18. The lowest BCUT2D eigenvalue weighted by Gasteiger charge is -2.18. The summed E-state index contributed by atoms with van der Waals surface area (Å²) in [5.74, 6) is 0. The van der Waals surface area contributed by atoms with Crippen LogP contribution >= 0.6 is 0 Å². The van der Waals surface area contributed by atoms with Gasteiger partial charge in [0.1, 0.15) is 0 Å². The van der Waals surface area contributed by atoms with E-state index in [1.165, 1.54) is 0 Å². The van der Waals surface area contributed by atoms with E-state index in [-0.39, 0.29) is 12.1 Å². The summed E-state index contributed by atoms with van der Waals surface area (Å²) in [7, 11) is 0. The summed E-state index contributed by atoms with van der Waals surface area (Å²) in [5.41, 5.74) is 5.33. The first kappa shape index (κ1) is 5.79. The molecule has 1 aliphatic carbocycles. The van der Waals surface area contributed by atoms with E-state index in [4.69, 9.17) is 10.8 Å². The zero-order valence-corrected chi connectivity index (χ0v) is 4.80. The molecule has 0 saturated carbocycles. The summed E-state index contributed by atoms with van der Waals surface area (Å²) < 4.78 is 0. The molecule has 0 amide bonds. The van der Waals surface area contributed by atoms with Crippen LogP contribution in [-0.2, 0) is 0 Å². The fourth-order valence-corrected chi connectivity index (χ4v) is 0.849. The Bertz CT molecular complexity index is 101. The first-order valence-corrected chi connectivity index (χ1v) is 2.82. The van der Waals surface area contributed by atoms with Gasteiger partial charge in [0, 0.05) is 5.54 Å². The van der Waals surface area contributed by atoms with Crippen LogP contribution in [0.5, 0.6) is 0 Å². The van der Waals surface area contributed by atoms with Crippen LogP contribution in [0.25, 0.3) is 0 Å². The van der Waals surface area contributed by atoms with E-state index in [1.54, 1.807) is 0 Å². The zero-order valence-electron chi connectivity index (χ0n) is 4.80. The molecule has 0 aromatic carbocycles. The maximum absolute atomic E-state index is 8.66. The number of aliphatic hydroxyl groups excluding tert-OH is 1. The normalized spacial score (nSPS) is 24.2. The summed E-state index contributed by atoms with van der Waals surface area (Å²) in [6.45, 7) is 0.0972. The van der Waals surface area contributed by atoms with Gasteiger partial charge in [-0.15, -0.1) is 0 Å². The van der Waals surface area contributed by atoms with Crippen molar-refractivity contribution >= 4 is 0 Å². The van der Waals surface area contributed by atoms with Crippen molar-refractivity contribution < 1.29 is 5.11 Å². The van der Waals surface area contributed by atoms with E-state index in [9.17, 15) is 0 Å². The van der Waals surface area contributed by atoms with Gasteiger partial charge in [-0.1, -0.05) is 12.2 Å². The quantitative estimate of drug-likeness (QED) is 0.471. The summed E-state index contributed by atoms with van der Waals surface area (Å²) in [6, 6.07) is 0. The smallest absolute Gasteiger partial charge is 0.0617 e. The third kappa shape index (κ3) is 0.904. The minimum atomic E-state index is -0.319. The minimum absolute atomic E-state index is 0.0972. The van der Waals surface area contributed by atoms with E-state index in [0.717, 1.165) is 12.8 Å². The van der Waals surface area contributed by atoms with Crippen molar-refractivity contribution in [2.75, 3.05) is 6.61 Å². The van der Waals surface area contributed by atoms with Crippen LogP contribution < -0.4 is 5.73 Å². The second kappa shape index (κ2) is 1.88. The van der Waals surface area contributed by atoms with Crippen LogP contribution in [0.4, 0.5) is 0 Å². The predicted molar refractivity (Wildman–Crippen MR) is 32.4 cm³/mol. The molecule has 3 N–H and O–H groups in total. The van der Waals surface area contributed by atoms with Gasteiger partial charge in [0.25, 0.3) is 0 Å². The van der Waals surface area contributed by atoms with E-state index in [0.29, 0.717) is 0 Å². The topological polar surface area (TPSA) is 46.2 Å². The van der Waals surface area contributed by atoms with Gasteiger partial charge in [-0.2, -0.15) is 0 Å². The van der Waals surface area contributed by atoms with Gasteiger partial charge in [-0.3, -0.25) is 0 Å². The van der Waals surface area contributed by atoms with Gasteiger partial charge in [0.2, 0.25) is 0 Å². The van der Waals surface area contributed by atoms with Crippen LogP contribution in [0, 0.1) is 0 Å². The SMILES string of the molecule is NC1(CO)CC=CC1. The number of rotatable bonds is 1. The summed E-state index contributed by atoms with van der Waals surface area (Å²) >= 11 is 0. The second-order valence-corrected chi connectivity index (χ2v) is 2.40. The molecule has 0 unspecified atom stereocenters. The highest BCUT2D eigenvalue weighted by molar-refractivity contribution is 5.06. The Morgan fingerprint density at radius 3 is 2.25 bits per heavy atom. The Kier molecular flexibility index (Phi) is 1.36. The highest BCUT2D eigenvalue weighted by Gasteiger charge is 2.23. The van der Waals surface area contributed by atoms with Gasteiger partial charge in [-0.25, -0.2) is 0 Å². The van der Waals surface area contributed by atoms with Crippen LogP contribution in [0.2, 0.25) is 0 Å². The molecule has 0 aromatic rings. The maximum atomic E-state index is 8.66. The maximum Gasteiger partial charge on any atom is 0.0617 e. The molecule has 2 nitrogen and oxygen atoms in total. The number of aliphatic hydroxyl groups is 1. The molecule has 0 bridgehead atoms. The molecule has 2 heteroatoms. The van der Waals surface area contributed by atoms with E-state index in [1.807, 2.05) is 12.2 Å². The van der Waals surface area contributed by atoms with Crippen LogP contribution in [0.3, 0.4) is 0 Å². The molecule has 0 aliphatic heterocycles. The lowest BCUT2D eigenvalue weighted by Crippen LogP contribution is -2.40. The number of nitrogens with two attached hydrogens (primary N) is 1. The monoisotopic (exact) mass is 113 g/mol. The van der Waals surface area contributed by atoms with E-state index < -0.39 is 0 Å². The van der Waals surface area contributed by atoms with E-state index >= 15 is 0 Å². The Balaban J connectivity index is 2.46. The third-order valence-electron chi connectivity index (χ3n) is 1.53. The Morgan fingerprint density at radius 1 is 1.50 bits per heavy atom. The molecule has 1 aliphatic rings. The van der Waals surface area contributed by atoms with Gasteiger partial charge < -0.3 is 10.8 Å². The van der Waals surface area contributed by atoms with Gasteiger partial charge in [0.05, 0.1) is 6.61 Å². The molecule has 1 rings (SSSR count). The Morgan fingerprint density at radius 2 is 2.00 bits per heavy atom. The summed E-state index contributed by atoms with van der Waals surface area (Å²) in [4.78, 5) is 0. The molecule has 0 atom stereocenters. The largest absolute Gasteiger partial charge is 0.394 e. The van der Waals surface area contributed by atoms with Crippen molar-refractivity contribution in [1.82, 2.24) is 0 Å². The van der Waals surface area contributed by atoms with Crippen molar-refractivity contribution in [3.63, 3.8) is 0 Å². The molecule has 0 radical (unpaired) electrons. The van der Waals surface area contributed by atoms with Gasteiger partial charge in [-0.05, 0) is 12.8 Å². The number of hydrogen-bond acceptors (Lipinski definition) is 2. The number of hydrogen-bond donors (Lipinski definition) is 2. The molecular weight excluding hydrogens is 102 g/mol. The predicted octanol–water partition coefficient (Wildman–Crippen LogP) is 0.0262. The summed E-state index contributed by atoms with van der Waals surface area (Å²) in [6.07, 6.45) is 5.67. The molecule has 0 aromatic heterocycles. The fraction of sp³-hybridized carbons (Fsp3) is 0.667. The Hall–Kier alpha value is -0.340. The first-order chi connectivity index (χ1) is 3.77. The van der Waals surface area contributed by atoms with Crippen molar-refractivity contribution in [1.29, 1.82) is 0 Å². The van der Waals surface area contributed by atoms with Gasteiger partial charge in [0.15, 0.2) is 0 Å². The summed E-state index contributed by atoms with van der Waals surface area (Å²) in [5, 5.41) is 8.66. The average Bonchev–Trinajstić information content (AvgIpc) is 2.17. The third-order valence-corrected chi connectivity index (χ3v) is 1.53. The van der Waals surface area contributed by atoms with Crippen LogP contribution in [-0.4, -0.2) is 17.3 Å². The standard InChI is InChI=1S/C6H11NO/c7-6(5-8)3-1-2-4-6/h1-2,8H,3-5,7H2. The average molecular weight is 113 g/mol. The lowest BCUT2D eigenvalue weighted by molar-refractivity contribution is 0.204. The minimum Gasteiger partial charge on any atom is -0.394 e. The van der Waals surface area contributed by atoms with E-state index in [2.05, 4.69) is 0 Å². The zero-order chi connectivity index (χ0) is 6.04. The van der Waals surface area contributed by atoms with Crippen LogP contribution in [0.15, 0.2) is 12.2 Å².